The van der Waals surface area contributed by atoms with Crippen molar-refractivity contribution in [1.82, 2.24) is 0 Å². The van der Waals surface area contributed by atoms with Gasteiger partial charge in [-0.1, -0.05) is 17.7 Å². The van der Waals surface area contributed by atoms with Crippen molar-refractivity contribution < 1.29 is 23.0 Å². The summed E-state index contributed by atoms with van der Waals surface area (Å²) >= 11 is 5.82. The largest absolute Gasteiger partial charge is 0.573 e. The summed E-state index contributed by atoms with van der Waals surface area (Å²) in [6, 6.07) is 2.59. The minimum Gasteiger partial charge on any atom is -0.406 e. The molecule has 0 aromatic heterocycles. The fraction of sp³-hybridized carbons (Fsp3) is 0.455. The van der Waals surface area contributed by atoms with Crippen LogP contribution in [0.15, 0.2) is 18.2 Å². The molecular weight excluding hydrogens is 271 g/mol. The Morgan fingerprint density at radius 1 is 1.33 bits per heavy atom. The smallest absolute Gasteiger partial charge is 0.406 e. The van der Waals surface area contributed by atoms with E-state index in [2.05, 4.69) is 4.74 Å². The molecule has 1 atom stereocenters. The van der Waals surface area contributed by atoms with Gasteiger partial charge in [-0.05, 0) is 31.5 Å². The molecule has 0 aliphatic rings. The van der Waals surface area contributed by atoms with Crippen molar-refractivity contribution in [2.24, 2.45) is 5.73 Å². The van der Waals surface area contributed by atoms with Crippen LogP contribution in [0, 0.1) is 0 Å². The third-order valence-corrected chi connectivity index (χ3v) is 2.63. The van der Waals surface area contributed by atoms with Crippen molar-refractivity contribution in [1.29, 1.82) is 0 Å². The van der Waals surface area contributed by atoms with Gasteiger partial charge in [0.05, 0.1) is 11.6 Å². The lowest BCUT2D eigenvalue weighted by Crippen LogP contribution is -2.35. The van der Waals surface area contributed by atoms with E-state index < -0.39 is 23.8 Å². The molecule has 0 radical (unpaired) electrons. The number of hydrogen-bond donors (Lipinski definition) is 2. The zero-order valence-electron chi connectivity index (χ0n) is 9.75. The van der Waals surface area contributed by atoms with Crippen molar-refractivity contribution in [2.45, 2.75) is 31.9 Å². The van der Waals surface area contributed by atoms with E-state index in [-0.39, 0.29) is 5.02 Å². The molecule has 1 aromatic carbocycles. The minimum atomic E-state index is -4.77. The number of halogens is 4. The van der Waals surface area contributed by atoms with Gasteiger partial charge >= 0.3 is 6.36 Å². The summed E-state index contributed by atoms with van der Waals surface area (Å²) in [5, 5.41) is 9.73. The summed E-state index contributed by atoms with van der Waals surface area (Å²) < 4.78 is 39.7. The molecule has 0 heterocycles. The van der Waals surface area contributed by atoms with Gasteiger partial charge in [0.15, 0.2) is 0 Å². The molecule has 1 aromatic rings. The zero-order valence-corrected chi connectivity index (χ0v) is 10.5. The lowest BCUT2D eigenvalue weighted by Gasteiger charge is -2.26. The number of benzene rings is 1. The first-order valence-corrected chi connectivity index (χ1v) is 5.41. The van der Waals surface area contributed by atoms with E-state index in [1.54, 1.807) is 0 Å². The topological polar surface area (TPSA) is 55.5 Å². The van der Waals surface area contributed by atoms with Crippen molar-refractivity contribution in [3.63, 3.8) is 0 Å². The average molecular weight is 284 g/mol. The van der Waals surface area contributed by atoms with Gasteiger partial charge in [0, 0.05) is 5.02 Å². The van der Waals surface area contributed by atoms with Crippen LogP contribution in [0.2, 0.25) is 5.02 Å². The second-order valence-electron chi connectivity index (χ2n) is 4.36. The Morgan fingerprint density at radius 3 is 2.28 bits per heavy atom. The van der Waals surface area contributed by atoms with E-state index in [9.17, 15) is 18.3 Å². The van der Waals surface area contributed by atoms with Crippen molar-refractivity contribution in [2.75, 3.05) is 0 Å². The van der Waals surface area contributed by atoms with Gasteiger partial charge in [0.25, 0.3) is 0 Å². The molecule has 0 saturated heterocycles. The maximum atomic E-state index is 12.0. The fourth-order valence-electron chi connectivity index (χ4n) is 1.34. The van der Waals surface area contributed by atoms with E-state index in [0.29, 0.717) is 5.56 Å². The molecule has 1 rings (SSSR count). The molecule has 3 nitrogen and oxygen atoms in total. The highest BCUT2D eigenvalue weighted by atomic mass is 35.5. The zero-order chi connectivity index (χ0) is 14.1. The average Bonchev–Trinajstić information content (AvgIpc) is 2.12. The second-order valence-corrected chi connectivity index (χ2v) is 4.77. The van der Waals surface area contributed by atoms with Crippen LogP contribution in [0.1, 0.15) is 25.5 Å². The van der Waals surface area contributed by atoms with E-state index >= 15 is 0 Å². The lowest BCUT2D eigenvalue weighted by molar-refractivity contribution is -0.274. The van der Waals surface area contributed by atoms with Gasteiger partial charge in [0.1, 0.15) is 5.75 Å². The predicted octanol–water partition coefficient (Wildman–Crippen LogP) is 3.01. The maximum Gasteiger partial charge on any atom is 0.573 e. The molecule has 0 spiro atoms. The van der Waals surface area contributed by atoms with E-state index in [1.165, 1.54) is 19.9 Å². The minimum absolute atomic E-state index is 0.00590. The van der Waals surface area contributed by atoms with Crippen LogP contribution in [-0.2, 0) is 0 Å². The third kappa shape index (κ3) is 4.04. The van der Waals surface area contributed by atoms with Crippen LogP contribution in [-0.4, -0.2) is 17.1 Å². The Bertz CT molecular complexity index is 429. The molecule has 0 saturated carbocycles. The van der Waals surface area contributed by atoms with Crippen LogP contribution in [0.5, 0.6) is 5.75 Å². The Kier molecular flexibility index (Phi) is 4.15. The molecule has 0 fully saturated rings. The van der Waals surface area contributed by atoms with Gasteiger partial charge in [-0.15, -0.1) is 13.2 Å². The highest BCUT2D eigenvalue weighted by Crippen LogP contribution is 2.33. The first kappa shape index (κ1) is 15.1. The molecule has 0 amide bonds. The third-order valence-electron chi connectivity index (χ3n) is 2.30. The highest BCUT2D eigenvalue weighted by molar-refractivity contribution is 6.31. The number of rotatable bonds is 3. The van der Waals surface area contributed by atoms with Gasteiger partial charge in [-0.3, -0.25) is 0 Å². The summed E-state index contributed by atoms with van der Waals surface area (Å²) in [4.78, 5) is 0. The van der Waals surface area contributed by atoms with Crippen molar-refractivity contribution >= 4 is 11.6 Å². The predicted molar refractivity (Wildman–Crippen MR) is 61.4 cm³/mol. The first-order chi connectivity index (χ1) is 8.00. The fourth-order valence-corrected chi connectivity index (χ4v) is 1.63. The van der Waals surface area contributed by atoms with Gasteiger partial charge in [0.2, 0.25) is 0 Å². The van der Waals surface area contributed by atoms with Crippen LogP contribution in [0.4, 0.5) is 13.2 Å². The Hall–Kier alpha value is -0.980. The van der Waals surface area contributed by atoms with Gasteiger partial charge < -0.3 is 15.6 Å². The summed E-state index contributed by atoms with van der Waals surface area (Å²) in [7, 11) is 0. The number of nitrogens with two attached hydrogens (primary N) is 1. The molecule has 18 heavy (non-hydrogen) atoms. The molecule has 0 unspecified atom stereocenters. The monoisotopic (exact) mass is 283 g/mol. The SMILES string of the molecule is CC(C)(O)[C@@H](N)c1ccc(OC(F)(F)F)cc1Cl. The molecular formula is C11H13ClF3NO2. The number of hydrogen-bond acceptors (Lipinski definition) is 3. The highest BCUT2D eigenvalue weighted by Gasteiger charge is 2.32. The van der Waals surface area contributed by atoms with Crippen LogP contribution < -0.4 is 10.5 Å². The van der Waals surface area contributed by atoms with Crippen LogP contribution in [0.3, 0.4) is 0 Å². The number of alkyl halides is 3. The van der Waals surface area contributed by atoms with Gasteiger partial charge in [-0.2, -0.15) is 0 Å². The molecule has 0 aliphatic heterocycles. The van der Waals surface area contributed by atoms with E-state index in [4.69, 9.17) is 17.3 Å². The quantitative estimate of drug-likeness (QED) is 0.896. The molecule has 102 valence electrons. The maximum absolute atomic E-state index is 12.0. The summed E-state index contributed by atoms with van der Waals surface area (Å²) in [6.07, 6.45) is -4.77. The normalized spacial score (nSPS) is 14.4. The molecule has 0 aliphatic carbocycles. The van der Waals surface area contributed by atoms with Gasteiger partial charge in [-0.25, -0.2) is 0 Å². The van der Waals surface area contributed by atoms with Crippen LogP contribution >= 0.6 is 11.6 Å². The van der Waals surface area contributed by atoms with Crippen molar-refractivity contribution in [3.05, 3.63) is 28.8 Å². The Morgan fingerprint density at radius 2 is 1.89 bits per heavy atom. The van der Waals surface area contributed by atoms with E-state index in [0.717, 1.165) is 12.1 Å². The molecule has 0 bridgehead atoms. The standard InChI is InChI=1S/C11H13ClF3NO2/c1-10(2,17)9(16)7-4-3-6(5-8(7)12)18-11(13,14)15/h3-5,9,17H,16H2,1-2H3/t9-/m0/s1. The van der Waals surface area contributed by atoms with Crippen LogP contribution in [0.25, 0.3) is 0 Å². The van der Waals surface area contributed by atoms with Crippen molar-refractivity contribution in [3.8, 4) is 5.75 Å². The molecule has 7 heteroatoms. The number of aliphatic hydroxyl groups is 1. The first-order valence-electron chi connectivity index (χ1n) is 5.04. The summed E-state index contributed by atoms with van der Waals surface area (Å²) in [5.74, 6) is -0.431. The second kappa shape index (κ2) is 4.95. The lowest BCUT2D eigenvalue weighted by atomic mass is 9.93. The van der Waals surface area contributed by atoms with E-state index in [1.807, 2.05) is 0 Å². The molecule has 3 N–H and O–H groups in total. The Labute approximate surface area is 107 Å². The summed E-state index contributed by atoms with van der Waals surface area (Å²) in [6.45, 7) is 2.96. The Balaban J connectivity index is 3.00. The summed E-state index contributed by atoms with van der Waals surface area (Å²) in [5.41, 5.74) is 4.86. The number of ether oxygens (including phenoxy) is 1.